The zero-order valence-electron chi connectivity index (χ0n) is 16.7. The van der Waals surface area contributed by atoms with E-state index in [2.05, 4.69) is 0 Å². The molecule has 1 saturated heterocycles. The zero-order valence-corrected chi connectivity index (χ0v) is 17.5. The Kier molecular flexibility index (Phi) is 5.72. The molecule has 0 N–H and O–H groups in total. The van der Waals surface area contributed by atoms with Crippen molar-refractivity contribution in [3.63, 3.8) is 0 Å². The van der Waals surface area contributed by atoms with Gasteiger partial charge in [-0.25, -0.2) is 8.42 Å². The van der Waals surface area contributed by atoms with Gasteiger partial charge in [-0.3, -0.25) is 4.79 Å². The number of carbonyl (C=O) groups is 1. The lowest BCUT2D eigenvalue weighted by molar-refractivity contribution is -0.137. The van der Waals surface area contributed by atoms with Gasteiger partial charge >= 0.3 is 6.18 Å². The lowest BCUT2D eigenvalue weighted by Crippen LogP contribution is -2.37. The van der Waals surface area contributed by atoms with E-state index in [4.69, 9.17) is 4.74 Å². The molecule has 2 aromatic carbocycles. The van der Waals surface area contributed by atoms with Crippen molar-refractivity contribution >= 4 is 15.7 Å². The van der Waals surface area contributed by atoms with Gasteiger partial charge in [0.2, 0.25) is 5.91 Å². The third kappa shape index (κ3) is 5.20. The Bertz CT molecular complexity index is 1080. The summed E-state index contributed by atoms with van der Waals surface area (Å²) in [5.74, 6) is 0.830. The third-order valence-corrected chi connectivity index (χ3v) is 7.59. The summed E-state index contributed by atoms with van der Waals surface area (Å²) in [6, 6.07) is 9.94. The summed E-state index contributed by atoms with van der Waals surface area (Å²) in [4.78, 5) is 14.4. The minimum atomic E-state index is -4.40. The van der Waals surface area contributed by atoms with Crippen molar-refractivity contribution in [3.05, 3.63) is 59.2 Å². The fraction of sp³-hybridized carbons (Fsp3) is 0.409. The molecule has 1 amide bonds. The Morgan fingerprint density at radius 1 is 1.06 bits per heavy atom. The van der Waals surface area contributed by atoms with Gasteiger partial charge in [0.05, 0.1) is 17.1 Å². The highest BCUT2D eigenvalue weighted by atomic mass is 32.2. The number of amides is 1. The molecule has 0 saturated carbocycles. The number of fused-ring (bicyclic) bond motifs is 1. The molecule has 9 heteroatoms. The van der Waals surface area contributed by atoms with E-state index < -0.39 is 21.6 Å². The summed E-state index contributed by atoms with van der Waals surface area (Å²) >= 11 is 0. The van der Waals surface area contributed by atoms with E-state index in [1.165, 1.54) is 12.1 Å². The van der Waals surface area contributed by atoms with Crippen molar-refractivity contribution in [1.82, 2.24) is 4.90 Å². The van der Waals surface area contributed by atoms with E-state index in [1.807, 2.05) is 6.07 Å². The smallest absolute Gasteiger partial charge is 0.416 e. The number of benzene rings is 2. The van der Waals surface area contributed by atoms with Crippen molar-refractivity contribution in [2.75, 3.05) is 18.1 Å². The maximum absolute atomic E-state index is 12.7. The topological polar surface area (TPSA) is 63.7 Å². The molecule has 0 radical (unpaired) electrons. The molecule has 2 heterocycles. The summed E-state index contributed by atoms with van der Waals surface area (Å²) in [6.07, 6.45) is -2.95. The van der Waals surface area contributed by atoms with Gasteiger partial charge in [-0.1, -0.05) is 6.07 Å². The van der Waals surface area contributed by atoms with Gasteiger partial charge in [-0.2, -0.15) is 13.2 Å². The number of hydrogen-bond acceptors (Lipinski definition) is 4. The first-order valence-corrected chi connectivity index (χ1v) is 11.9. The highest BCUT2D eigenvalue weighted by molar-refractivity contribution is 7.91. The highest BCUT2D eigenvalue weighted by Crippen LogP contribution is 2.32. The van der Waals surface area contributed by atoms with Gasteiger partial charge in [0.1, 0.15) is 11.5 Å². The number of rotatable bonds is 4. The second kappa shape index (κ2) is 8.18. The van der Waals surface area contributed by atoms with Gasteiger partial charge in [0.15, 0.2) is 9.84 Å². The largest absolute Gasteiger partial charge is 0.457 e. The van der Waals surface area contributed by atoms with E-state index in [9.17, 15) is 26.4 Å². The number of carbonyl (C=O) groups excluding carboxylic acids is 1. The molecule has 166 valence electrons. The van der Waals surface area contributed by atoms with Gasteiger partial charge in [0.25, 0.3) is 0 Å². The second-order valence-corrected chi connectivity index (χ2v) is 10.3. The maximum Gasteiger partial charge on any atom is 0.416 e. The van der Waals surface area contributed by atoms with E-state index in [-0.39, 0.29) is 29.8 Å². The molecular formula is C22H22F3NO4S. The number of alkyl halides is 3. The summed E-state index contributed by atoms with van der Waals surface area (Å²) in [7, 11) is -3.02. The fourth-order valence-corrected chi connectivity index (χ4v) is 5.93. The molecular weight excluding hydrogens is 431 g/mol. The monoisotopic (exact) mass is 453 g/mol. The summed E-state index contributed by atoms with van der Waals surface area (Å²) in [5.41, 5.74) is 1.27. The van der Waals surface area contributed by atoms with Crippen LogP contribution in [0.25, 0.3) is 0 Å². The maximum atomic E-state index is 12.7. The lowest BCUT2D eigenvalue weighted by Gasteiger charge is -2.30. The molecule has 0 bridgehead atoms. The SMILES string of the molecule is O=C(CC1CCS(=O)(=O)C1)N1CCc2ccc(Oc3ccc(C(F)(F)F)cc3)cc2C1. The summed E-state index contributed by atoms with van der Waals surface area (Å²) in [5, 5.41) is 0. The first-order chi connectivity index (χ1) is 14.6. The first kappa shape index (κ1) is 21.7. The normalized spacial score (nSPS) is 20.4. The Hall–Kier alpha value is -2.55. The minimum Gasteiger partial charge on any atom is -0.457 e. The lowest BCUT2D eigenvalue weighted by atomic mass is 9.98. The predicted octanol–water partition coefficient (Wildman–Crippen LogP) is 4.21. The molecule has 0 aromatic heterocycles. The molecule has 4 rings (SSSR count). The molecule has 31 heavy (non-hydrogen) atoms. The van der Waals surface area contributed by atoms with E-state index in [0.29, 0.717) is 37.4 Å². The molecule has 5 nitrogen and oxygen atoms in total. The highest BCUT2D eigenvalue weighted by Gasteiger charge is 2.32. The molecule has 1 unspecified atom stereocenters. The van der Waals surface area contributed by atoms with Gasteiger partial charge < -0.3 is 9.64 Å². The van der Waals surface area contributed by atoms with Crippen LogP contribution in [0.3, 0.4) is 0 Å². The second-order valence-electron chi connectivity index (χ2n) is 8.09. The quantitative estimate of drug-likeness (QED) is 0.696. The average molecular weight is 453 g/mol. The van der Waals surface area contributed by atoms with Crippen LogP contribution in [0.1, 0.15) is 29.5 Å². The summed E-state index contributed by atoms with van der Waals surface area (Å²) < 4.78 is 67.0. The van der Waals surface area contributed by atoms with Gasteiger partial charge in [0, 0.05) is 19.5 Å². The number of hydrogen-bond donors (Lipinski definition) is 0. The third-order valence-electron chi connectivity index (χ3n) is 5.75. The van der Waals surface area contributed by atoms with Gasteiger partial charge in [-0.05, 0) is 66.3 Å². The fourth-order valence-electron chi connectivity index (χ4n) is 4.07. The Labute approximate surface area is 178 Å². The van der Waals surface area contributed by atoms with Crippen LogP contribution in [0.15, 0.2) is 42.5 Å². The van der Waals surface area contributed by atoms with Crippen LogP contribution in [0.4, 0.5) is 13.2 Å². The van der Waals surface area contributed by atoms with Crippen molar-refractivity contribution in [2.45, 2.75) is 32.0 Å². The molecule has 2 aliphatic heterocycles. The van der Waals surface area contributed by atoms with Gasteiger partial charge in [-0.15, -0.1) is 0 Å². The first-order valence-electron chi connectivity index (χ1n) is 10.0. The molecule has 0 aliphatic carbocycles. The van der Waals surface area contributed by atoms with Crippen molar-refractivity contribution in [2.24, 2.45) is 5.92 Å². The number of sulfone groups is 1. The number of nitrogens with zero attached hydrogens (tertiary/aromatic N) is 1. The van der Waals surface area contributed by atoms with E-state index >= 15 is 0 Å². The number of ether oxygens (including phenoxy) is 1. The van der Waals surface area contributed by atoms with Crippen LogP contribution in [0.2, 0.25) is 0 Å². The van der Waals surface area contributed by atoms with Crippen LogP contribution < -0.4 is 4.74 Å². The Morgan fingerprint density at radius 2 is 1.77 bits per heavy atom. The standard InChI is InChI=1S/C22H22F3NO4S/c23-22(24,25)18-2-5-19(6-3-18)30-20-4-1-16-7-9-26(13-17(16)12-20)21(27)11-15-8-10-31(28,29)14-15/h1-6,12,15H,7-11,13-14H2. The van der Waals surface area contributed by atoms with Crippen LogP contribution >= 0.6 is 0 Å². The van der Waals surface area contributed by atoms with Crippen molar-refractivity contribution < 1.29 is 31.1 Å². The minimum absolute atomic E-state index is 0.0539. The van der Waals surface area contributed by atoms with Crippen LogP contribution in [-0.4, -0.2) is 37.3 Å². The van der Waals surface area contributed by atoms with Crippen LogP contribution in [0.5, 0.6) is 11.5 Å². The summed E-state index contributed by atoms with van der Waals surface area (Å²) in [6.45, 7) is 0.974. The molecule has 1 atom stereocenters. The molecule has 0 spiro atoms. The zero-order chi connectivity index (χ0) is 22.2. The van der Waals surface area contributed by atoms with Crippen molar-refractivity contribution in [3.8, 4) is 11.5 Å². The van der Waals surface area contributed by atoms with Crippen LogP contribution in [0, 0.1) is 5.92 Å². The van der Waals surface area contributed by atoms with Crippen molar-refractivity contribution in [1.29, 1.82) is 0 Å². The average Bonchev–Trinajstić information content (AvgIpc) is 3.05. The molecule has 2 aromatic rings. The van der Waals surface area contributed by atoms with Crippen LogP contribution in [-0.2, 0) is 33.8 Å². The number of halogens is 3. The molecule has 2 aliphatic rings. The predicted molar refractivity (Wildman–Crippen MR) is 108 cm³/mol. The van der Waals surface area contributed by atoms with E-state index in [0.717, 1.165) is 23.3 Å². The van der Waals surface area contributed by atoms with E-state index in [1.54, 1.807) is 17.0 Å². The molecule has 1 fully saturated rings. The Morgan fingerprint density at radius 3 is 2.42 bits per heavy atom. The Balaban J connectivity index is 1.41.